The fourth-order valence-electron chi connectivity index (χ4n) is 2.37. The van der Waals surface area contributed by atoms with E-state index in [1.54, 1.807) is 0 Å². The van der Waals surface area contributed by atoms with Crippen LogP contribution in [0, 0.1) is 0 Å². The first-order chi connectivity index (χ1) is 7.88. The molecular weight excluding hydrogens is 232 g/mol. The van der Waals surface area contributed by atoms with Crippen LogP contribution in [0.4, 0.5) is 0 Å². The van der Waals surface area contributed by atoms with E-state index in [1.165, 1.54) is 31.5 Å². The van der Waals surface area contributed by atoms with Crippen LogP contribution in [0.5, 0.6) is 0 Å². The summed E-state index contributed by atoms with van der Waals surface area (Å²) in [5.41, 5.74) is 1.42. The van der Waals surface area contributed by atoms with Gasteiger partial charge in [-0.3, -0.25) is 4.90 Å². The maximum absolute atomic E-state index is 3.57. The van der Waals surface area contributed by atoms with Gasteiger partial charge in [0.1, 0.15) is 0 Å². The first-order valence-electron chi connectivity index (χ1n) is 6.38. The number of benzene rings is 1. The summed E-state index contributed by atoms with van der Waals surface area (Å²) in [7, 11) is 0. The highest BCUT2D eigenvalue weighted by molar-refractivity contribution is 5.85. The van der Waals surface area contributed by atoms with Crippen LogP contribution in [0.1, 0.15) is 25.3 Å². The number of nitrogens with zero attached hydrogens (tertiary/aromatic N) is 1. The van der Waals surface area contributed by atoms with Crippen molar-refractivity contribution in [3.8, 4) is 0 Å². The van der Waals surface area contributed by atoms with E-state index in [9.17, 15) is 0 Å². The molecule has 96 valence electrons. The lowest BCUT2D eigenvalue weighted by Gasteiger charge is -2.24. The second-order valence-corrected chi connectivity index (χ2v) is 4.61. The minimum atomic E-state index is 0. The first kappa shape index (κ1) is 14.5. The molecule has 1 aromatic carbocycles. The van der Waals surface area contributed by atoms with Crippen molar-refractivity contribution in [3.63, 3.8) is 0 Å². The molecule has 1 saturated heterocycles. The standard InChI is InChI=1S/C14H22N2.ClH/c1-2-16(12-14-9-6-10-15-14)11-13-7-4-3-5-8-13;/h3-5,7-8,14-15H,2,6,9-12H2,1H3;1H. The van der Waals surface area contributed by atoms with Gasteiger partial charge in [-0.25, -0.2) is 0 Å². The Morgan fingerprint density at radius 2 is 2.06 bits per heavy atom. The number of nitrogens with one attached hydrogen (secondary N) is 1. The monoisotopic (exact) mass is 254 g/mol. The van der Waals surface area contributed by atoms with Crippen LogP contribution >= 0.6 is 12.4 Å². The zero-order valence-electron chi connectivity index (χ0n) is 10.6. The molecule has 1 atom stereocenters. The second kappa shape index (κ2) is 7.70. The molecule has 1 aliphatic heterocycles. The molecule has 1 fully saturated rings. The van der Waals surface area contributed by atoms with Crippen LogP contribution in [0.15, 0.2) is 30.3 Å². The Hall–Kier alpha value is -0.570. The largest absolute Gasteiger partial charge is 0.313 e. The summed E-state index contributed by atoms with van der Waals surface area (Å²) in [6, 6.07) is 11.5. The lowest BCUT2D eigenvalue weighted by molar-refractivity contribution is 0.253. The third-order valence-corrected chi connectivity index (χ3v) is 3.34. The number of rotatable bonds is 5. The molecule has 0 aromatic heterocycles. The van der Waals surface area contributed by atoms with E-state index in [0.717, 1.165) is 13.1 Å². The molecule has 0 amide bonds. The van der Waals surface area contributed by atoms with E-state index in [-0.39, 0.29) is 12.4 Å². The highest BCUT2D eigenvalue weighted by Gasteiger charge is 2.16. The van der Waals surface area contributed by atoms with Gasteiger partial charge in [0.15, 0.2) is 0 Å². The Labute approximate surface area is 111 Å². The van der Waals surface area contributed by atoms with Crippen molar-refractivity contribution in [2.24, 2.45) is 0 Å². The van der Waals surface area contributed by atoms with Gasteiger partial charge in [-0.2, -0.15) is 0 Å². The molecule has 0 radical (unpaired) electrons. The lowest BCUT2D eigenvalue weighted by atomic mass is 10.2. The van der Waals surface area contributed by atoms with Crippen molar-refractivity contribution in [1.29, 1.82) is 0 Å². The van der Waals surface area contributed by atoms with Gasteiger partial charge in [-0.05, 0) is 31.5 Å². The van der Waals surface area contributed by atoms with Crippen LogP contribution in [0.3, 0.4) is 0 Å². The second-order valence-electron chi connectivity index (χ2n) is 4.61. The van der Waals surface area contributed by atoms with E-state index in [1.807, 2.05) is 0 Å². The van der Waals surface area contributed by atoms with Crippen LogP contribution in [-0.4, -0.2) is 30.6 Å². The van der Waals surface area contributed by atoms with Gasteiger partial charge in [-0.1, -0.05) is 37.3 Å². The van der Waals surface area contributed by atoms with Crippen molar-refractivity contribution in [1.82, 2.24) is 10.2 Å². The Morgan fingerprint density at radius 3 is 2.65 bits per heavy atom. The highest BCUT2D eigenvalue weighted by Crippen LogP contribution is 2.10. The summed E-state index contributed by atoms with van der Waals surface area (Å²) in [6.07, 6.45) is 2.68. The maximum atomic E-state index is 3.57. The van der Waals surface area contributed by atoms with E-state index in [4.69, 9.17) is 0 Å². The van der Waals surface area contributed by atoms with Gasteiger partial charge in [0.05, 0.1) is 0 Å². The fourth-order valence-corrected chi connectivity index (χ4v) is 2.37. The molecule has 1 aliphatic rings. The average Bonchev–Trinajstić information content (AvgIpc) is 2.82. The fraction of sp³-hybridized carbons (Fsp3) is 0.571. The van der Waals surface area contributed by atoms with Crippen LogP contribution in [0.2, 0.25) is 0 Å². The molecule has 1 aromatic rings. The third kappa shape index (κ3) is 4.66. The van der Waals surface area contributed by atoms with Crippen molar-refractivity contribution in [2.45, 2.75) is 32.4 Å². The summed E-state index contributed by atoms with van der Waals surface area (Å²) in [6.45, 7) is 6.85. The van der Waals surface area contributed by atoms with E-state index in [2.05, 4.69) is 47.5 Å². The van der Waals surface area contributed by atoms with Gasteiger partial charge in [0.2, 0.25) is 0 Å². The van der Waals surface area contributed by atoms with Crippen molar-refractivity contribution in [2.75, 3.05) is 19.6 Å². The minimum absolute atomic E-state index is 0. The highest BCUT2D eigenvalue weighted by atomic mass is 35.5. The molecule has 1 N–H and O–H groups in total. The van der Waals surface area contributed by atoms with E-state index in [0.29, 0.717) is 6.04 Å². The van der Waals surface area contributed by atoms with Crippen LogP contribution in [-0.2, 0) is 6.54 Å². The molecule has 17 heavy (non-hydrogen) atoms. The number of likely N-dealkylation sites (N-methyl/N-ethyl adjacent to an activating group) is 1. The molecule has 2 rings (SSSR count). The van der Waals surface area contributed by atoms with Gasteiger partial charge in [-0.15, -0.1) is 12.4 Å². The summed E-state index contributed by atoms with van der Waals surface area (Å²) >= 11 is 0. The summed E-state index contributed by atoms with van der Waals surface area (Å²) < 4.78 is 0. The minimum Gasteiger partial charge on any atom is -0.313 e. The molecule has 2 nitrogen and oxygen atoms in total. The van der Waals surface area contributed by atoms with Crippen molar-refractivity contribution in [3.05, 3.63) is 35.9 Å². The average molecular weight is 255 g/mol. The number of hydrogen-bond acceptors (Lipinski definition) is 2. The lowest BCUT2D eigenvalue weighted by Crippen LogP contribution is -2.37. The Kier molecular flexibility index (Phi) is 6.56. The van der Waals surface area contributed by atoms with Gasteiger partial charge >= 0.3 is 0 Å². The van der Waals surface area contributed by atoms with Gasteiger partial charge < -0.3 is 5.32 Å². The van der Waals surface area contributed by atoms with Gasteiger partial charge in [0.25, 0.3) is 0 Å². The maximum Gasteiger partial charge on any atom is 0.0234 e. The normalized spacial score (nSPS) is 19.3. The van der Waals surface area contributed by atoms with E-state index >= 15 is 0 Å². The molecular formula is C14H23ClN2. The Bertz CT molecular complexity index is 296. The third-order valence-electron chi connectivity index (χ3n) is 3.34. The predicted molar refractivity (Wildman–Crippen MR) is 75.7 cm³/mol. The van der Waals surface area contributed by atoms with Crippen LogP contribution < -0.4 is 5.32 Å². The number of halogens is 1. The summed E-state index contributed by atoms with van der Waals surface area (Å²) in [5.74, 6) is 0. The number of hydrogen-bond donors (Lipinski definition) is 1. The zero-order valence-corrected chi connectivity index (χ0v) is 11.4. The first-order valence-corrected chi connectivity index (χ1v) is 6.38. The topological polar surface area (TPSA) is 15.3 Å². The smallest absolute Gasteiger partial charge is 0.0234 e. The molecule has 0 saturated carbocycles. The summed E-state index contributed by atoms with van der Waals surface area (Å²) in [4.78, 5) is 2.53. The summed E-state index contributed by atoms with van der Waals surface area (Å²) in [5, 5.41) is 3.57. The molecule has 0 bridgehead atoms. The Balaban J connectivity index is 0.00000144. The SMILES string of the molecule is CCN(Cc1ccccc1)CC1CCCN1.Cl. The zero-order chi connectivity index (χ0) is 11.2. The van der Waals surface area contributed by atoms with E-state index < -0.39 is 0 Å². The van der Waals surface area contributed by atoms with Crippen molar-refractivity contribution < 1.29 is 0 Å². The Morgan fingerprint density at radius 1 is 1.29 bits per heavy atom. The predicted octanol–water partition coefficient (Wildman–Crippen LogP) is 2.68. The molecule has 0 aliphatic carbocycles. The molecule has 0 spiro atoms. The van der Waals surface area contributed by atoms with Crippen molar-refractivity contribution >= 4 is 12.4 Å². The molecule has 3 heteroatoms. The molecule has 1 heterocycles. The molecule has 1 unspecified atom stereocenters. The van der Waals surface area contributed by atoms with Crippen LogP contribution in [0.25, 0.3) is 0 Å². The van der Waals surface area contributed by atoms with Gasteiger partial charge in [0, 0.05) is 19.1 Å². The quantitative estimate of drug-likeness (QED) is 0.869.